The van der Waals surface area contributed by atoms with Crippen LogP contribution in [0, 0.1) is 0 Å². The lowest BCUT2D eigenvalue weighted by Gasteiger charge is -2.15. The molecule has 2 heterocycles. The number of thioether (sulfide) groups is 1. The molecule has 23 heavy (non-hydrogen) atoms. The molecule has 6 heteroatoms. The summed E-state index contributed by atoms with van der Waals surface area (Å²) in [5.74, 6) is 0.331. The van der Waals surface area contributed by atoms with Crippen LogP contribution in [-0.2, 0) is 9.59 Å². The minimum absolute atomic E-state index is 0.187. The monoisotopic (exact) mass is 328 g/mol. The molecular weight excluding hydrogens is 312 g/mol. The summed E-state index contributed by atoms with van der Waals surface area (Å²) >= 11 is 1.32. The Labute approximate surface area is 138 Å². The van der Waals surface area contributed by atoms with Gasteiger partial charge < -0.3 is 4.74 Å². The van der Waals surface area contributed by atoms with Crippen LogP contribution < -0.4 is 9.64 Å². The Bertz CT molecular complexity index is 704. The number of pyridine rings is 1. The van der Waals surface area contributed by atoms with Gasteiger partial charge in [0.2, 0.25) is 11.8 Å². The molecule has 0 unspecified atom stereocenters. The Morgan fingerprint density at radius 1 is 1.22 bits per heavy atom. The van der Waals surface area contributed by atoms with Gasteiger partial charge in [-0.05, 0) is 43.3 Å². The number of nitrogens with zero attached hydrogens (tertiary/aromatic N) is 2. The first kappa shape index (κ1) is 15.6. The molecule has 1 aromatic carbocycles. The normalized spacial score (nSPS) is 17.6. The molecule has 0 bridgehead atoms. The Balaban J connectivity index is 1.76. The van der Waals surface area contributed by atoms with E-state index in [4.69, 9.17) is 4.74 Å². The second-order valence-electron chi connectivity index (χ2n) is 4.97. The molecule has 2 amide bonds. The third-order valence-electron chi connectivity index (χ3n) is 3.41. The van der Waals surface area contributed by atoms with Crippen LogP contribution in [0.15, 0.2) is 53.7 Å². The maximum absolute atomic E-state index is 12.6. The van der Waals surface area contributed by atoms with Crippen molar-refractivity contribution < 1.29 is 14.3 Å². The number of ether oxygens (including phenoxy) is 1. The fraction of sp³-hybridized carbons (Fsp3) is 0.235. The van der Waals surface area contributed by atoms with Crippen molar-refractivity contribution in [2.24, 2.45) is 0 Å². The zero-order valence-corrected chi connectivity index (χ0v) is 13.5. The smallest absolute Gasteiger partial charge is 0.247 e. The van der Waals surface area contributed by atoms with Crippen LogP contribution >= 0.6 is 11.8 Å². The van der Waals surface area contributed by atoms with E-state index in [9.17, 15) is 9.59 Å². The van der Waals surface area contributed by atoms with Crippen molar-refractivity contribution in [2.75, 3.05) is 11.5 Å². The number of amides is 2. The lowest BCUT2D eigenvalue weighted by molar-refractivity contribution is -0.121. The quantitative estimate of drug-likeness (QED) is 0.790. The second kappa shape index (κ2) is 6.83. The first-order valence-electron chi connectivity index (χ1n) is 7.36. The summed E-state index contributed by atoms with van der Waals surface area (Å²) in [6, 6.07) is 12.5. The molecule has 0 saturated carbocycles. The molecule has 1 aliphatic rings. The molecule has 1 atom stereocenters. The van der Waals surface area contributed by atoms with Crippen LogP contribution in [0.2, 0.25) is 0 Å². The van der Waals surface area contributed by atoms with Crippen LogP contribution in [0.1, 0.15) is 13.3 Å². The van der Waals surface area contributed by atoms with E-state index in [0.29, 0.717) is 12.3 Å². The van der Waals surface area contributed by atoms with Gasteiger partial charge in [0.25, 0.3) is 0 Å². The average molecular weight is 328 g/mol. The number of anilines is 1. The van der Waals surface area contributed by atoms with Crippen LogP contribution in [0.4, 0.5) is 5.69 Å². The van der Waals surface area contributed by atoms with E-state index < -0.39 is 5.25 Å². The number of hydrogen-bond acceptors (Lipinski definition) is 5. The number of benzene rings is 1. The fourth-order valence-electron chi connectivity index (χ4n) is 2.39. The van der Waals surface area contributed by atoms with E-state index in [0.717, 1.165) is 10.8 Å². The molecule has 3 rings (SSSR count). The highest BCUT2D eigenvalue weighted by Crippen LogP contribution is 2.33. The summed E-state index contributed by atoms with van der Waals surface area (Å²) in [6.07, 6.45) is 1.86. The van der Waals surface area contributed by atoms with Gasteiger partial charge in [-0.2, -0.15) is 0 Å². The minimum atomic E-state index is -0.427. The van der Waals surface area contributed by atoms with E-state index in [1.54, 1.807) is 30.5 Å². The first-order chi connectivity index (χ1) is 11.2. The van der Waals surface area contributed by atoms with Crippen LogP contribution in [-0.4, -0.2) is 28.7 Å². The van der Waals surface area contributed by atoms with E-state index >= 15 is 0 Å². The van der Waals surface area contributed by atoms with Crippen molar-refractivity contribution in [2.45, 2.75) is 23.6 Å². The van der Waals surface area contributed by atoms with Crippen molar-refractivity contribution in [3.05, 3.63) is 48.7 Å². The van der Waals surface area contributed by atoms with Gasteiger partial charge in [0, 0.05) is 12.6 Å². The van der Waals surface area contributed by atoms with Crippen molar-refractivity contribution in [3.8, 4) is 5.75 Å². The molecule has 5 nitrogen and oxygen atoms in total. The maximum Gasteiger partial charge on any atom is 0.247 e. The minimum Gasteiger partial charge on any atom is -0.494 e. The highest BCUT2D eigenvalue weighted by Gasteiger charge is 2.40. The lowest BCUT2D eigenvalue weighted by atomic mass is 10.3. The summed E-state index contributed by atoms with van der Waals surface area (Å²) in [7, 11) is 0. The number of carbonyl (C=O) groups excluding carboxylic acids is 2. The summed E-state index contributed by atoms with van der Waals surface area (Å²) in [4.78, 5) is 30.2. The molecule has 1 saturated heterocycles. The molecule has 118 valence electrons. The maximum atomic E-state index is 12.6. The predicted molar refractivity (Wildman–Crippen MR) is 88.6 cm³/mol. The van der Waals surface area contributed by atoms with Gasteiger partial charge in [-0.25, -0.2) is 9.88 Å². The van der Waals surface area contributed by atoms with E-state index in [1.165, 1.54) is 16.7 Å². The van der Waals surface area contributed by atoms with Gasteiger partial charge >= 0.3 is 0 Å². The highest BCUT2D eigenvalue weighted by molar-refractivity contribution is 8.00. The van der Waals surface area contributed by atoms with Crippen molar-refractivity contribution >= 4 is 29.3 Å². The second-order valence-corrected chi connectivity index (χ2v) is 6.20. The Morgan fingerprint density at radius 2 is 2.00 bits per heavy atom. The Morgan fingerprint density at radius 3 is 2.65 bits per heavy atom. The number of rotatable bonds is 5. The van der Waals surface area contributed by atoms with Crippen LogP contribution in [0.3, 0.4) is 0 Å². The topological polar surface area (TPSA) is 59.5 Å². The molecule has 0 aliphatic carbocycles. The van der Waals surface area contributed by atoms with E-state index in [1.807, 2.05) is 25.1 Å². The standard InChI is InChI=1S/C17H16N2O3S/c1-2-22-13-8-6-12(7-9-13)19-16(20)11-14(17(19)21)23-15-5-3-4-10-18-15/h3-10,14H,2,11H2,1H3/t14-/m1/s1. The lowest BCUT2D eigenvalue weighted by Crippen LogP contribution is -2.31. The number of carbonyl (C=O) groups is 2. The zero-order chi connectivity index (χ0) is 16.2. The molecule has 2 aromatic rings. The van der Waals surface area contributed by atoms with Gasteiger partial charge in [0.1, 0.15) is 5.75 Å². The largest absolute Gasteiger partial charge is 0.494 e. The highest BCUT2D eigenvalue weighted by atomic mass is 32.2. The first-order valence-corrected chi connectivity index (χ1v) is 8.24. The van der Waals surface area contributed by atoms with Crippen molar-refractivity contribution in [1.29, 1.82) is 0 Å². The van der Waals surface area contributed by atoms with Crippen molar-refractivity contribution in [3.63, 3.8) is 0 Å². The molecule has 0 spiro atoms. The third kappa shape index (κ3) is 3.37. The van der Waals surface area contributed by atoms with Gasteiger partial charge in [-0.3, -0.25) is 9.59 Å². The molecule has 0 N–H and O–H groups in total. The molecule has 1 aromatic heterocycles. The van der Waals surface area contributed by atoms with Gasteiger partial charge in [0.15, 0.2) is 0 Å². The predicted octanol–water partition coefficient (Wildman–Crippen LogP) is 2.90. The van der Waals surface area contributed by atoms with Gasteiger partial charge in [-0.1, -0.05) is 17.8 Å². The van der Waals surface area contributed by atoms with Crippen LogP contribution in [0.25, 0.3) is 0 Å². The number of imide groups is 1. The number of hydrogen-bond donors (Lipinski definition) is 0. The summed E-state index contributed by atoms with van der Waals surface area (Å²) < 4.78 is 5.38. The molecular formula is C17H16N2O3S. The summed E-state index contributed by atoms with van der Waals surface area (Å²) in [5, 5.41) is 0.316. The SMILES string of the molecule is CCOc1ccc(N2C(=O)C[C@@H](Sc3ccccn3)C2=O)cc1. The summed E-state index contributed by atoms with van der Waals surface area (Å²) in [5.41, 5.74) is 0.576. The molecule has 1 fully saturated rings. The van der Waals surface area contributed by atoms with E-state index in [-0.39, 0.29) is 18.2 Å². The summed E-state index contributed by atoms with van der Waals surface area (Å²) in [6.45, 7) is 2.48. The Kier molecular flexibility index (Phi) is 4.62. The molecule has 1 aliphatic heterocycles. The number of aromatic nitrogens is 1. The van der Waals surface area contributed by atoms with Gasteiger partial charge in [0.05, 0.1) is 22.6 Å². The van der Waals surface area contributed by atoms with Crippen molar-refractivity contribution in [1.82, 2.24) is 4.98 Å². The molecule has 0 radical (unpaired) electrons. The fourth-order valence-corrected chi connectivity index (χ4v) is 3.39. The van der Waals surface area contributed by atoms with E-state index in [2.05, 4.69) is 4.98 Å². The van der Waals surface area contributed by atoms with Crippen LogP contribution in [0.5, 0.6) is 5.75 Å². The van der Waals surface area contributed by atoms with Gasteiger partial charge in [-0.15, -0.1) is 0 Å². The zero-order valence-electron chi connectivity index (χ0n) is 12.6. The third-order valence-corrected chi connectivity index (χ3v) is 4.55. The average Bonchev–Trinajstić information content (AvgIpc) is 2.84. The Hall–Kier alpha value is -2.34.